The first-order valence-corrected chi connectivity index (χ1v) is 11.7. The van der Waals surface area contributed by atoms with Crippen LogP contribution >= 0.6 is 0 Å². The molecule has 3 aliphatic carbocycles. The summed E-state index contributed by atoms with van der Waals surface area (Å²) < 4.78 is 11.5. The maximum Gasteiger partial charge on any atom is 0.407 e. The van der Waals surface area contributed by atoms with Crippen LogP contribution in [0.15, 0.2) is 47.6 Å². The van der Waals surface area contributed by atoms with Gasteiger partial charge in [-0.1, -0.05) is 43.3 Å². The Morgan fingerprint density at radius 2 is 2.00 bits per heavy atom. The molecule has 0 radical (unpaired) electrons. The third kappa shape index (κ3) is 4.07. The molecule has 1 spiro atoms. The van der Waals surface area contributed by atoms with Crippen molar-refractivity contribution in [2.75, 3.05) is 6.61 Å². The van der Waals surface area contributed by atoms with E-state index >= 15 is 0 Å². The molecule has 1 heterocycles. The van der Waals surface area contributed by atoms with Crippen LogP contribution in [0.3, 0.4) is 0 Å². The molecule has 1 aromatic carbocycles. The van der Waals surface area contributed by atoms with Gasteiger partial charge in [0.25, 0.3) is 0 Å². The van der Waals surface area contributed by atoms with E-state index in [4.69, 9.17) is 9.47 Å². The maximum absolute atomic E-state index is 11.5. The largest absolute Gasteiger partial charge is 0.447 e. The highest BCUT2D eigenvalue weighted by molar-refractivity contribution is 5.70. The summed E-state index contributed by atoms with van der Waals surface area (Å²) in [4.78, 5) is 11.5. The van der Waals surface area contributed by atoms with Crippen molar-refractivity contribution in [3.05, 3.63) is 58.7 Å². The molecule has 3 fully saturated rings. The Bertz CT molecular complexity index is 856. The Labute approximate surface area is 179 Å². The van der Waals surface area contributed by atoms with Crippen LogP contribution in [0.2, 0.25) is 0 Å². The first-order valence-electron chi connectivity index (χ1n) is 11.7. The second kappa shape index (κ2) is 8.22. The summed E-state index contributed by atoms with van der Waals surface area (Å²) in [6.45, 7) is 3.45. The van der Waals surface area contributed by atoms with Gasteiger partial charge in [-0.25, -0.2) is 4.79 Å². The predicted molar refractivity (Wildman–Crippen MR) is 117 cm³/mol. The van der Waals surface area contributed by atoms with Gasteiger partial charge in [0.05, 0.1) is 18.2 Å². The number of carbonyl (C=O) groups is 1. The molecule has 2 saturated carbocycles. The molecule has 160 valence electrons. The van der Waals surface area contributed by atoms with Crippen molar-refractivity contribution >= 4 is 6.09 Å². The Morgan fingerprint density at radius 1 is 1.17 bits per heavy atom. The molecular formula is C26H33NO3. The average Bonchev–Trinajstić information content (AvgIpc) is 3.37. The fraction of sp³-hybridized carbons (Fsp3) is 0.577. The first-order chi connectivity index (χ1) is 14.6. The van der Waals surface area contributed by atoms with Gasteiger partial charge in [-0.3, -0.25) is 0 Å². The topological polar surface area (TPSA) is 47.6 Å². The molecule has 5 rings (SSSR count). The van der Waals surface area contributed by atoms with Crippen LogP contribution in [0.4, 0.5) is 4.79 Å². The van der Waals surface area contributed by atoms with E-state index < -0.39 is 0 Å². The molecule has 1 N–H and O–H groups in total. The quantitative estimate of drug-likeness (QED) is 0.704. The highest BCUT2D eigenvalue weighted by Crippen LogP contribution is 2.45. The van der Waals surface area contributed by atoms with Crippen molar-refractivity contribution < 1.29 is 14.3 Å². The summed E-state index contributed by atoms with van der Waals surface area (Å²) in [5.41, 5.74) is 5.61. The van der Waals surface area contributed by atoms with E-state index in [2.05, 4.69) is 48.7 Å². The van der Waals surface area contributed by atoms with Gasteiger partial charge >= 0.3 is 6.09 Å². The van der Waals surface area contributed by atoms with Gasteiger partial charge in [-0.15, -0.1) is 0 Å². The zero-order valence-electron chi connectivity index (χ0n) is 18.0. The maximum atomic E-state index is 11.5. The number of nitrogens with one attached hydrogen (secondary N) is 1. The average molecular weight is 408 g/mol. The highest BCUT2D eigenvalue weighted by Gasteiger charge is 2.47. The van der Waals surface area contributed by atoms with Crippen LogP contribution in [0.5, 0.6) is 0 Å². The van der Waals surface area contributed by atoms with E-state index in [1.54, 1.807) is 5.57 Å². The summed E-state index contributed by atoms with van der Waals surface area (Å²) >= 11 is 0. The van der Waals surface area contributed by atoms with Crippen molar-refractivity contribution in [1.29, 1.82) is 0 Å². The van der Waals surface area contributed by atoms with E-state index in [-0.39, 0.29) is 11.6 Å². The zero-order valence-corrected chi connectivity index (χ0v) is 18.0. The van der Waals surface area contributed by atoms with Gasteiger partial charge in [-0.2, -0.15) is 0 Å². The summed E-state index contributed by atoms with van der Waals surface area (Å²) in [5, 5.41) is 3.08. The number of aryl methyl sites for hydroxylation is 1. The predicted octanol–water partition coefficient (Wildman–Crippen LogP) is 5.47. The van der Waals surface area contributed by atoms with E-state index in [9.17, 15) is 4.79 Å². The van der Waals surface area contributed by atoms with Crippen LogP contribution in [-0.4, -0.2) is 24.3 Å². The smallest absolute Gasteiger partial charge is 0.407 e. The standard InChI is InChI=1S/C26H33NO3/c1-2-18-3-5-19(6-4-18)16-29-24-10-9-20-13-21(7-8-22(20)14-24)23-11-12-26(15-23)17-30-25(28)27-26/h3-6,8,13,21,23-24H,2,7,9-12,14-17H2,1H3,(H,27,28)/t21?,23-,24+,26+/m0/s1. The van der Waals surface area contributed by atoms with Gasteiger partial charge in [0.1, 0.15) is 6.61 Å². The molecule has 1 saturated heterocycles. The van der Waals surface area contributed by atoms with E-state index in [0.717, 1.165) is 44.9 Å². The number of ether oxygens (including phenoxy) is 2. The lowest BCUT2D eigenvalue weighted by molar-refractivity contribution is 0.0314. The molecule has 4 nitrogen and oxygen atoms in total. The van der Waals surface area contributed by atoms with Crippen LogP contribution in [0.1, 0.15) is 63.0 Å². The van der Waals surface area contributed by atoms with Crippen molar-refractivity contribution in [2.24, 2.45) is 11.8 Å². The fourth-order valence-electron chi connectivity index (χ4n) is 5.79. The van der Waals surface area contributed by atoms with Gasteiger partial charge < -0.3 is 14.8 Å². The van der Waals surface area contributed by atoms with Crippen LogP contribution < -0.4 is 5.32 Å². The summed E-state index contributed by atoms with van der Waals surface area (Å²) in [7, 11) is 0. The lowest BCUT2D eigenvalue weighted by atomic mass is 9.76. The molecule has 1 aromatic rings. The Morgan fingerprint density at radius 3 is 2.77 bits per heavy atom. The molecule has 1 aliphatic heterocycles. The molecule has 0 aromatic heterocycles. The normalized spacial score (nSPS) is 33.0. The number of fused-ring (bicyclic) bond motifs is 1. The Hall–Kier alpha value is -2.07. The second-order valence-electron chi connectivity index (χ2n) is 9.65. The van der Waals surface area contributed by atoms with E-state index in [0.29, 0.717) is 31.2 Å². The fourth-order valence-corrected chi connectivity index (χ4v) is 5.79. The zero-order chi connectivity index (χ0) is 20.6. The van der Waals surface area contributed by atoms with Crippen molar-refractivity contribution in [2.45, 2.75) is 76.5 Å². The second-order valence-corrected chi connectivity index (χ2v) is 9.65. The third-order valence-electron chi connectivity index (χ3n) is 7.66. The number of carbonyl (C=O) groups excluding carboxylic acids is 1. The van der Waals surface area contributed by atoms with Gasteiger partial charge in [0, 0.05) is 0 Å². The molecule has 4 aliphatic rings. The van der Waals surface area contributed by atoms with Gasteiger partial charge in [-0.05, 0) is 85.5 Å². The molecule has 0 bridgehead atoms. The van der Waals surface area contributed by atoms with Crippen LogP contribution in [0, 0.1) is 11.8 Å². The minimum absolute atomic E-state index is 0.0922. The number of rotatable bonds is 5. The summed E-state index contributed by atoms with van der Waals surface area (Å²) in [5.74, 6) is 1.26. The molecular weight excluding hydrogens is 374 g/mol. The minimum Gasteiger partial charge on any atom is -0.447 e. The minimum atomic E-state index is -0.237. The number of alkyl carbamates (subject to hydrolysis) is 1. The lowest BCUT2D eigenvalue weighted by Crippen LogP contribution is -2.41. The first kappa shape index (κ1) is 19.9. The van der Waals surface area contributed by atoms with Gasteiger partial charge in [0.2, 0.25) is 0 Å². The number of cyclic esters (lactones) is 1. The molecule has 30 heavy (non-hydrogen) atoms. The molecule has 4 heteroatoms. The number of hydrogen-bond donors (Lipinski definition) is 1. The lowest BCUT2D eigenvalue weighted by Gasteiger charge is -2.32. The van der Waals surface area contributed by atoms with Crippen molar-refractivity contribution in [1.82, 2.24) is 5.32 Å². The summed E-state index contributed by atoms with van der Waals surface area (Å²) in [6, 6.07) is 8.81. The van der Waals surface area contributed by atoms with Crippen molar-refractivity contribution in [3.8, 4) is 0 Å². The molecule has 4 atom stereocenters. The van der Waals surface area contributed by atoms with Crippen molar-refractivity contribution in [3.63, 3.8) is 0 Å². The Kier molecular flexibility index (Phi) is 5.44. The third-order valence-corrected chi connectivity index (χ3v) is 7.66. The monoisotopic (exact) mass is 407 g/mol. The van der Waals surface area contributed by atoms with Crippen LogP contribution in [-0.2, 0) is 22.5 Å². The van der Waals surface area contributed by atoms with E-state index in [1.807, 2.05) is 0 Å². The molecule has 1 unspecified atom stereocenters. The summed E-state index contributed by atoms with van der Waals surface area (Å²) in [6.07, 6.45) is 13.9. The Balaban J connectivity index is 1.14. The van der Waals surface area contributed by atoms with Gasteiger partial charge in [0.15, 0.2) is 0 Å². The molecule has 1 amide bonds. The number of benzene rings is 1. The SMILES string of the molecule is CCc1ccc(CO[C@@H]2CCC3=CC([C@H]4CC[C@]5(COC(=O)N5)C4)CC=C3C2)cc1. The number of hydrogen-bond acceptors (Lipinski definition) is 3. The number of allylic oxidation sites excluding steroid dienone is 3. The number of amides is 1. The van der Waals surface area contributed by atoms with E-state index in [1.165, 1.54) is 23.1 Å². The highest BCUT2D eigenvalue weighted by atomic mass is 16.6. The van der Waals surface area contributed by atoms with Crippen LogP contribution in [0.25, 0.3) is 0 Å².